The molecule has 11 nitrogen and oxygen atoms in total. The number of ether oxygens (including phenoxy) is 3. The molecule has 0 aromatic rings. The maximum Gasteiger partial charge on any atom is 0.473 e. The average molecular weight is 883 g/mol. The van der Waals surface area contributed by atoms with Crippen LogP contribution in [-0.4, -0.2) is 111 Å². The smallest absolute Gasteiger partial charge is 0.473 e. The molecule has 1 unspecified atom stereocenters. The number of carbonyl (C=O) groups excluding carboxylic acids is 2. The molecule has 0 aliphatic rings. The summed E-state index contributed by atoms with van der Waals surface area (Å²) < 4.78 is 174. The number of hydrogen-bond acceptors (Lipinski definition) is 11. The van der Waals surface area contributed by atoms with Crippen LogP contribution >= 0.6 is 0 Å². The van der Waals surface area contributed by atoms with Crippen molar-refractivity contribution in [1.29, 1.82) is 0 Å². The van der Waals surface area contributed by atoms with E-state index in [0.29, 0.717) is 0 Å². The molecule has 55 heavy (non-hydrogen) atoms. The first-order valence-corrected chi connectivity index (χ1v) is 25.5. The van der Waals surface area contributed by atoms with Crippen molar-refractivity contribution in [3.63, 3.8) is 0 Å². The van der Waals surface area contributed by atoms with E-state index in [1.807, 2.05) is 0 Å². The molecule has 0 heterocycles. The number of halogens is 9. The Morgan fingerprint density at radius 2 is 1.07 bits per heavy atom. The van der Waals surface area contributed by atoms with Gasteiger partial charge in [-0.1, -0.05) is 26.3 Å². The first-order valence-electron chi connectivity index (χ1n) is 16.7. The van der Waals surface area contributed by atoms with Crippen molar-refractivity contribution < 1.29 is 88.9 Å². The second-order valence-electron chi connectivity index (χ2n) is 12.7. The van der Waals surface area contributed by atoms with Gasteiger partial charge in [-0.05, 0) is 45.1 Å². The molecule has 0 saturated heterocycles. The van der Waals surface area contributed by atoms with Crippen LogP contribution < -0.4 is 0 Å². The summed E-state index contributed by atoms with van der Waals surface area (Å²) >= 11 is 0. The standard InChI is InChI=1S/C31H51F9O11Si4/c1-9-25(4)43-16-19-47-53(5,6)50-55(49-52-46-18-15-44-26(41)10-2,51-54(7,8)48-20-17-45-27(42)11-3)21-13-12-14-28(32,33)22-29(34,35)23-30(36,37)24-31(38,39)40/h9-11H,1-4,12-24,52H2,5-8H3. The molecule has 0 bridgehead atoms. The first kappa shape index (κ1) is 52.7. The number of unbranched alkanes of at least 4 members (excludes halogenated alkanes) is 1. The molecule has 0 aliphatic carbocycles. The summed E-state index contributed by atoms with van der Waals surface area (Å²) in [7, 11) is -12.8. The first-order chi connectivity index (χ1) is 25.1. The van der Waals surface area contributed by atoms with Crippen molar-refractivity contribution in [2.45, 2.75) is 94.7 Å². The zero-order chi connectivity index (χ0) is 42.6. The van der Waals surface area contributed by atoms with Gasteiger partial charge in [0.1, 0.15) is 32.0 Å². The number of hydrogen-bond donors (Lipinski definition) is 0. The normalized spacial score (nSPS) is 14.3. The minimum atomic E-state index is -5.49. The highest BCUT2D eigenvalue weighted by Gasteiger charge is 2.54. The van der Waals surface area contributed by atoms with Crippen molar-refractivity contribution in [3.05, 3.63) is 50.3 Å². The second-order valence-corrected chi connectivity index (χ2v) is 24.2. The lowest BCUT2D eigenvalue weighted by molar-refractivity contribution is -0.214. The van der Waals surface area contributed by atoms with Crippen LogP contribution in [0.15, 0.2) is 50.3 Å². The van der Waals surface area contributed by atoms with E-state index < -0.39 is 104 Å². The van der Waals surface area contributed by atoms with Gasteiger partial charge in [-0.3, -0.25) is 0 Å². The molecule has 0 aromatic carbocycles. The van der Waals surface area contributed by atoms with Gasteiger partial charge < -0.3 is 39.8 Å². The van der Waals surface area contributed by atoms with Gasteiger partial charge in [0.2, 0.25) is 0 Å². The number of esters is 2. The van der Waals surface area contributed by atoms with Crippen LogP contribution in [0.2, 0.25) is 32.2 Å². The van der Waals surface area contributed by atoms with Crippen LogP contribution in [0.3, 0.4) is 0 Å². The van der Waals surface area contributed by atoms with E-state index in [9.17, 15) is 49.1 Å². The maximum atomic E-state index is 14.7. The summed E-state index contributed by atoms with van der Waals surface area (Å²) in [5.41, 5.74) is 0. The third-order valence-electron chi connectivity index (χ3n) is 6.56. The van der Waals surface area contributed by atoms with Crippen molar-refractivity contribution >= 4 is 47.9 Å². The van der Waals surface area contributed by atoms with Gasteiger partial charge in [-0.15, -0.1) is 0 Å². The van der Waals surface area contributed by atoms with Gasteiger partial charge in [-0.2, -0.15) is 13.2 Å². The zero-order valence-corrected chi connectivity index (χ0v) is 35.8. The van der Waals surface area contributed by atoms with Crippen molar-refractivity contribution in [1.82, 2.24) is 0 Å². The number of carbonyl (C=O) groups is 2. The fraction of sp³-hybridized carbons (Fsp3) is 0.677. The lowest BCUT2D eigenvalue weighted by Gasteiger charge is -2.40. The molecule has 0 aromatic heterocycles. The van der Waals surface area contributed by atoms with E-state index in [-0.39, 0.29) is 57.9 Å². The van der Waals surface area contributed by atoms with E-state index in [1.165, 1.54) is 6.08 Å². The van der Waals surface area contributed by atoms with E-state index in [4.69, 9.17) is 39.8 Å². The molecule has 0 N–H and O–H groups in total. The monoisotopic (exact) mass is 882 g/mol. The molecule has 0 spiro atoms. The van der Waals surface area contributed by atoms with Crippen LogP contribution in [0.4, 0.5) is 39.5 Å². The molecule has 0 rings (SSSR count). The second kappa shape index (κ2) is 23.8. The van der Waals surface area contributed by atoms with Crippen LogP contribution in [0.25, 0.3) is 0 Å². The number of alkyl halides is 9. The van der Waals surface area contributed by atoms with E-state index in [2.05, 4.69) is 26.3 Å². The molecule has 320 valence electrons. The molecule has 0 amide bonds. The number of rotatable bonds is 32. The third-order valence-corrected chi connectivity index (χ3v) is 18.4. The highest BCUT2D eigenvalue weighted by Crippen LogP contribution is 2.44. The van der Waals surface area contributed by atoms with Crippen molar-refractivity contribution in [3.8, 4) is 0 Å². The van der Waals surface area contributed by atoms with Gasteiger partial charge in [0.05, 0.1) is 32.7 Å². The lowest BCUT2D eigenvalue weighted by Crippen LogP contribution is -2.60. The van der Waals surface area contributed by atoms with Crippen LogP contribution in [0.1, 0.15) is 38.5 Å². The Hall–Kier alpha value is -2.30. The molecule has 24 heteroatoms. The minimum Gasteiger partial charge on any atom is -0.492 e. The molecular weight excluding hydrogens is 832 g/mol. The Balaban J connectivity index is 6.19. The Morgan fingerprint density at radius 3 is 1.55 bits per heavy atom. The van der Waals surface area contributed by atoms with Crippen LogP contribution in [0, 0.1) is 0 Å². The molecule has 1 atom stereocenters. The Kier molecular flexibility index (Phi) is 22.8. The predicted molar refractivity (Wildman–Crippen MR) is 191 cm³/mol. The average Bonchev–Trinajstić information content (AvgIpc) is 3.01. The molecular formula is C31H51F9O11Si4. The molecule has 0 radical (unpaired) electrons. The molecule has 0 aliphatic heterocycles. The van der Waals surface area contributed by atoms with Crippen LogP contribution in [-0.2, 0) is 49.4 Å². The fourth-order valence-electron chi connectivity index (χ4n) is 4.51. The summed E-state index contributed by atoms with van der Waals surface area (Å²) in [6.07, 6.45) is -12.2. The van der Waals surface area contributed by atoms with Crippen molar-refractivity contribution in [2.75, 3.05) is 39.6 Å². The van der Waals surface area contributed by atoms with E-state index >= 15 is 0 Å². The maximum absolute atomic E-state index is 14.7. The SMILES string of the molecule is C=CC(=C)OCCO[Si](C)(C)O[Si](CCCCC(F)(F)CC(F)(F)CC(F)(F)CC(F)(F)F)(O[SiH2]OCCOC(=O)C=C)O[Si](C)(C)OCCOC(=O)C=C. The highest BCUT2D eigenvalue weighted by atomic mass is 28.5. The lowest BCUT2D eigenvalue weighted by atomic mass is 9.98. The minimum absolute atomic E-state index is 0.00634. The van der Waals surface area contributed by atoms with Crippen molar-refractivity contribution in [2.24, 2.45) is 0 Å². The zero-order valence-electron chi connectivity index (χ0n) is 31.4. The van der Waals surface area contributed by atoms with Gasteiger partial charge in [0.25, 0.3) is 27.8 Å². The largest absolute Gasteiger partial charge is 0.492 e. The number of allylic oxidation sites excluding steroid dienone is 1. The van der Waals surface area contributed by atoms with Gasteiger partial charge >= 0.3 is 44.0 Å². The summed E-state index contributed by atoms with van der Waals surface area (Å²) in [5, 5.41) is 0. The summed E-state index contributed by atoms with van der Waals surface area (Å²) in [4.78, 5) is 22.8. The topological polar surface area (TPSA) is 117 Å². The Morgan fingerprint density at radius 1 is 0.618 bits per heavy atom. The Bertz CT molecular complexity index is 1200. The molecule has 0 fully saturated rings. The quantitative estimate of drug-likeness (QED) is 0.0128. The van der Waals surface area contributed by atoms with E-state index in [0.717, 1.165) is 12.2 Å². The van der Waals surface area contributed by atoms with Gasteiger partial charge in [0, 0.05) is 24.6 Å². The fourth-order valence-corrected chi connectivity index (χ4v) is 17.6. The summed E-state index contributed by atoms with van der Waals surface area (Å²) in [5.74, 6) is -15.2. The van der Waals surface area contributed by atoms with E-state index in [1.54, 1.807) is 26.2 Å². The Labute approximate surface area is 321 Å². The highest BCUT2D eigenvalue weighted by molar-refractivity contribution is 6.84. The third kappa shape index (κ3) is 27.1. The predicted octanol–water partition coefficient (Wildman–Crippen LogP) is 7.41. The summed E-state index contributed by atoms with van der Waals surface area (Å²) in [6.45, 7) is 19.5. The summed E-state index contributed by atoms with van der Waals surface area (Å²) in [6, 6.07) is -0.236. The molecule has 0 saturated carbocycles. The van der Waals surface area contributed by atoms with Gasteiger partial charge in [-0.25, -0.2) is 35.9 Å². The van der Waals surface area contributed by atoms with Crippen LogP contribution in [0.5, 0.6) is 0 Å². The van der Waals surface area contributed by atoms with Gasteiger partial charge in [0.15, 0.2) is 0 Å².